The Bertz CT molecular complexity index is 202. The van der Waals surface area contributed by atoms with Gasteiger partial charge in [-0.05, 0) is 6.42 Å². The van der Waals surface area contributed by atoms with Crippen LogP contribution in [0.4, 0.5) is 0 Å². The zero-order valence-electron chi connectivity index (χ0n) is 6.86. The van der Waals surface area contributed by atoms with Crippen molar-refractivity contribution in [3.63, 3.8) is 0 Å². The van der Waals surface area contributed by atoms with Crippen LogP contribution in [-0.2, 0) is 14.3 Å². The lowest BCUT2D eigenvalue weighted by molar-refractivity contribution is 0.128. The van der Waals surface area contributed by atoms with E-state index >= 15 is 0 Å². The molecule has 0 saturated carbocycles. The molecule has 0 rings (SSSR count). The summed E-state index contributed by atoms with van der Waals surface area (Å²) in [6, 6.07) is 0. The molecule has 4 nitrogen and oxygen atoms in total. The van der Waals surface area contributed by atoms with E-state index in [1.807, 2.05) is 0 Å². The maximum atomic E-state index is 10.9. The number of hydrogen-bond acceptors (Lipinski definition) is 4. The first kappa shape index (κ1) is 12.2. The second-order valence-electron chi connectivity index (χ2n) is 2.35. The van der Waals surface area contributed by atoms with Gasteiger partial charge < -0.3 is 5.11 Å². The molecule has 0 saturated heterocycles. The molecule has 74 valence electrons. The second kappa shape index (κ2) is 5.75. The van der Waals surface area contributed by atoms with E-state index in [1.54, 1.807) is 6.92 Å². The minimum Gasteiger partial charge on any atom is -0.389 e. The highest BCUT2D eigenvalue weighted by molar-refractivity contribution is 7.86. The van der Waals surface area contributed by atoms with Gasteiger partial charge in [-0.25, -0.2) is 0 Å². The highest BCUT2D eigenvalue weighted by Crippen LogP contribution is 1.98. The predicted molar refractivity (Wildman–Crippen MR) is 46.8 cm³/mol. The van der Waals surface area contributed by atoms with Crippen molar-refractivity contribution in [2.24, 2.45) is 0 Å². The normalized spacial score (nSPS) is 14.6. The van der Waals surface area contributed by atoms with Crippen molar-refractivity contribution in [2.45, 2.75) is 19.4 Å². The zero-order valence-corrected chi connectivity index (χ0v) is 8.44. The Morgan fingerprint density at radius 2 is 2.17 bits per heavy atom. The van der Waals surface area contributed by atoms with Crippen molar-refractivity contribution in [1.82, 2.24) is 0 Å². The van der Waals surface area contributed by atoms with Crippen molar-refractivity contribution in [3.05, 3.63) is 0 Å². The number of alkyl halides is 1. The fraction of sp³-hybridized carbons (Fsp3) is 1.00. The number of hydrogen-bond donors (Lipinski definition) is 1. The molecule has 1 N–H and O–H groups in total. The molecule has 1 atom stereocenters. The fourth-order valence-electron chi connectivity index (χ4n) is 0.536. The fourth-order valence-corrected chi connectivity index (χ4v) is 1.61. The first-order valence-electron chi connectivity index (χ1n) is 3.63. The summed E-state index contributed by atoms with van der Waals surface area (Å²) in [4.78, 5) is 0. The lowest BCUT2D eigenvalue weighted by atomic mass is 10.4. The molecule has 0 heterocycles. The van der Waals surface area contributed by atoms with E-state index in [-0.39, 0.29) is 18.2 Å². The summed E-state index contributed by atoms with van der Waals surface area (Å²) in [6.07, 6.45) is -0.419. The summed E-state index contributed by atoms with van der Waals surface area (Å²) in [6.45, 7) is 1.48. The maximum absolute atomic E-state index is 10.9. The number of aliphatic hydroxyl groups excluding tert-OH is 1. The van der Waals surface area contributed by atoms with Gasteiger partial charge >= 0.3 is 0 Å². The van der Waals surface area contributed by atoms with E-state index in [0.717, 1.165) is 0 Å². The summed E-state index contributed by atoms with van der Waals surface area (Å²) in [7, 11) is -3.46. The van der Waals surface area contributed by atoms with Crippen LogP contribution in [0.15, 0.2) is 0 Å². The molecule has 0 spiro atoms. The monoisotopic (exact) mass is 216 g/mol. The molecule has 0 aromatic heterocycles. The van der Waals surface area contributed by atoms with Gasteiger partial charge in [0.15, 0.2) is 0 Å². The molecule has 0 amide bonds. The lowest BCUT2D eigenvalue weighted by Crippen LogP contribution is -2.21. The van der Waals surface area contributed by atoms with Crippen molar-refractivity contribution < 1.29 is 17.7 Å². The molecule has 0 aromatic rings. The molecular formula is C6H13ClO4S. The molecular weight excluding hydrogens is 204 g/mol. The highest BCUT2D eigenvalue weighted by atomic mass is 35.5. The quantitative estimate of drug-likeness (QED) is 0.514. The van der Waals surface area contributed by atoms with E-state index in [1.165, 1.54) is 0 Å². The summed E-state index contributed by atoms with van der Waals surface area (Å²) in [5, 5.41) is 8.87. The van der Waals surface area contributed by atoms with Crippen LogP contribution in [0.5, 0.6) is 0 Å². The van der Waals surface area contributed by atoms with Crippen molar-refractivity contribution >= 4 is 21.7 Å². The molecule has 0 radical (unpaired) electrons. The van der Waals surface area contributed by atoms with E-state index in [0.29, 0.717) is 6.42 Å². The smallest absolute Gasteiger partial charge is 0.267 e. The van der Waals surface area contributed by atoms with E-state index in [4.69, 9.17) is 16.7 Å². The van der Waals surface area contributed by atoms with Gasteiger partial charge in [0.1, 0.15) is 0 Å². The van der Waals surface area contributed by atoms with Crippen LogP contribution in [0, 0.1) is 0 Å². The molecule has 0 aromatic carbocycles. The summed E-state index contributed by atoms with van der Waals surface area (Å²) in [5.74, 6) is -0.0519. The first-order chi connectivity index (χ1) is 5.52. The van der Waals surface area contributed by atoms with Crippen molar-refractivity contribution in [1.29, 1.82) is 0 Å². The Kier molecular flexibility index (Phi) is 5.82. The van der Waals surface area contributed by atoms with Crippen LogP contribution in [0.3, 0.4) is 0 Å². The van der Waals surface area contributed by atoms with E-state index in [2.05, 4.69) is 4.18 Å². The Hall–Kier alpha value is 0.160. The van der Waals surface area contributed by atoms with Gasteiger partial charge in [-0.15, -0.1) is 11.6 Å². The molecule has 0 aliphatic rings. The van der Waals surface area contributed by atoms with Gasteiger partial charge in [0, 0.05) is 0 Å². The predicted octanol–water partition coefficient (Wildman–Crippen LogP) is 0.343. The molecule has 6 heteroatoms. The Morgan fingerprint density at radius 3 is 2.58 bits per heavy atom. The summed E-state index contributed by atoms with van der Waals surface area (Å²) in [5.41, 5.74) is 0. The third kappa shape index (κ3) is 5.77. The molecule has 12 heavy (non-hydrogen) atoms. The maximum Gasteiger partial charge on any atom is 0.267 e. The molecule has 0 aliphatic carbocycles. The summed E-state index contributed by atoms with van der Waals surface area (Å²) < 4.78 is 26.2. The van der Waals surface area contributed by atoms with Gasteiger partial charge in [-0.3, -0.25) is 4.18 Å². The Balaban J connectivity index is 3.76. The third-order valence-electron chi connectivity index (χ3n) is 1.07. The van der Waals surface area contributed by atoms with Gasteiger partial charge in [0.2, 0.25) is 0 Å². The Labute approximate surface area is 77.6 Å². The average molecular weight is 217 g/mol. The van der Waals surface area contributed by atoms with Crippen LogP contribution in [-0.4, -0.2) is 37.9 Å². The van der Waals surface area contributed by atoms with E-state index in [9.17, 15) is 8.42 Å². The topological polar surface area (TPSA) is 63.6 Å². The molecule has 1 unspecified atom stereocenters. The van der Waals surface area contributed by atoms with Gasteiger partial charge in [-0.1, -0.05) is 6.92 Å². The van der Waals surface area contributed by atoms with Crippen LogP contribution in [0.2, 0.25) is 0 Å². The van der Waals surface area contributed by atoms with Crippen molar-refractivity contribution in [2.75, 3.05) is 18.2 Å². The van der Waals surface area contributed by atoms with Gasteiger partial charge in [0.25, 0.3) is 10.1 Å². The molecule has 0 aliphatic heterocycles. The van der Waals surface area contributed by atoms with Crippen LogP contribution < -0.4 is 0 Å². The standard InChI is InChI=1S/C6H13ClO4S/c1-2-3-12(9,10)11-5-6(8)4-7/h6,8H,2-5H2,1H3. The van der Waals surface area contributed by atoms with Gasteiger partial charge in [-0.2, -0.15) is 8.42 Å². The largest absolute Gasteiger partial charge is 0.389 e. The second-order valence-corrected chi connectivity index (χ2v) is 4.42. The molecule has 0 bridgehead atoms. The lowest BCUT2D eigenvalue weighted by Gasteiger charge is -2.07. The summed E-state index contributed by atoms with van der Waals surface area (Å²) >= 11 is 5.23. The van der Waals surface area contributed by atoms with E-state index < -0.39 is 16.2 Å². The van der Waals surface area contributed by atoms with Crippen LogP contribution in [0.1, 0.15) is 13.3 Å². The first-order valence-corrected chi connectivity index (χ1v) is 5.74. The SMILES string of the molecule is CCCS(=O)(=O)OCC(O)CCl. The van der Waals surface area contributed by atoms with Crippen LogP contribution >= 0.6 is 11.6 Å². The van der Waals surface area contributed by atoms with Crippen LogP contribution in [0.25, 0.3) is 0 Å². The zero-order chi connectivity index (χ0) is 9.61. The number of halogens is 1. The minimum absolute atomic E-state index is 0.0258. The number of rotatable bonds is 6. The Morgan fingerprint density at radius 1 is 1.58 bits per heavy atom. The number of aliphatic hydroxyl groups is 1. The highest BCUT2D eigenvalue weighted by Gasteiger charge is 2.12. The van der Waals surface area contributed by atoms with Crippen molar-refractivity contribution in [3.8, 4) is 0 Å². The average Bonchev–Trinajstić information content (AvgIpc) is 2.00. The minimum atomic E-state index is -3.46. The van der Waals surface area contributed by atoms with Gasteiger partial charge in [0.05, 0.1) is 24.3 Å². The molecule has 0 fully saturated rings. The third-order valence-corrected chi connectivity index (χ3v) is 2.83.